The summed E-state index contributed by atoms with van der Waals surface area (Å²) in [6, 6.07) is 0. The number of rotatable bonds is 14. The van der Waals surface area contributed by atoms with E-state index >= 15 is 0 Å². The van der Waals surface area contributed by atoms with Crippen molar-refractivity contribution in [1.29, 1.82) is 0 Å². The van der Waals surface area contributed by atoms with E-state index < -0.39 is 5.60 Å². The van der Waals surface area contributed by atoms with Crippen molar-refractivity contribution in [1.82, 2.24) is 0 Å². The van der Waals surface area contributed by atoms with Crippen LogP contribution in [0.5, 0.6) is 0 Å². The fraction of sp³-hybridized carbons (Fsp3) is 1.00. The zero-order valence-electron chi connectivity index (χ0n) is 12.2. The third kappa shape index (κ3) is 11.4. The first-order chi connectivity index (χ1) is 9.18. The predicted octanol–water partition coefficient (Wildman–Crippen LogP) is 1.99. The van der Waals surface area contributed by atoms with Gasteiger partial charge in [-0.25, -0.2) is 0 Å². The molecule has 0 aromatic carbocycles. The third-order valence-corrected chi connectivity index (χ3v) is 3.64. The van der Waals surface area contributed by atoms with E-state index in [0.29, 0.717) is 12.8 Å². The van der Waals surface area contributed by atoms with Crippen LogP contribution in [0.2, 0.25) is 0 Å². The average Bonchev–Trinajstić information content (AvgIpc) is 2.42. The van der Waals surface area contributed by atoms with Gasteiger partial charge in [-0.15, -0.1) is 0 Å². The molecule has 0 radical (unpaired) electrons. The quantitative estimate of drug-likeness (QED) is 0.366. The molecule has 0 aromatic heterocycles. The van der Waals surface area contributed by atoms with Crippen molar-refractivity contribution < 1.29 is 20.4 Å². The Morgan fingerprint density at radius 2 is 0.895 bits per heavy atom. The first-order valence-electron chi connectivity index (χ1n) is 7.73. The fourth-order valence-corrected chi connectivity index (χ4v) is 2.30. The highest BCUT2D eigenvalue weighted by Crippen LogP contribution is 2.22. The van der Waals surface area contributed by atoms with Crippen LogP contribution in [0, 0.1) is 0 Å². The minimum Gasteiger partial charge on any atom is -0.396 e. The van der Waals surface area contributed by atoms with Crippen LogP contribution in [0.15, 0.2) is 0 Å². The normalized spacial score (nSPS) is 14.5. The standard InChI is InChI=1S/C15H32O4/c16-12-8-4-1-2-6-10-15(19,14-18)11-7-3-5-9-13-17/h16-19H,1-14H2. The van der Waals surface area contributed by atoms with Gasteiger partial charge < -0.3 is 20.4 Å². The fourth-order valence-electron chi connectivity index (χ4n) is 2.30. The molecular weight excluding hydrogens is 244 g/mol. The SMILES string of the molecule is OCCCCCCCC(O)(CO)CCCCCCO. The van der Waals surface area contributed by atoms with Crippen molar-refractivity contribution in [3.8, 4) is 0 Å². The molecule has 116 valence electrons. The van der Waals surface area contributed by atoms with Gasteiger partial charge >= 0.3 is 0 Å². The van der Waals surface area contributed by atoms with Crippen molar-refractivity contribution >= 4 is 0 Å². The van der Waals surface area contributed by atoms with Gasteiger partial charge in [0, 0.05) is 13.2 Å². The molecule has 0 aromatic rings. The van der Waals surface area contributed by atoms with Crippen LogP contribution in [-0.2, 0) is 0 Å². The highest BCUT2D eigenvalue weighted by Gasteiger charge is 2.24. The Kier molecular flexibility index (Phi) is 12.7. The summed E-state index contributed by atoms with van der Waals surface area (Å²) in [7, 11) is 0. The molecular formula is C15H32O4. The first-order valence-corrected chi connectivity index (χ1v) is 7.73. The lowest BCUT2D eigenvalue weighted by Crippen LogP contribution is -2.33. The average molecular weight is 276 g/mol. The highest BCUT2D eigenvalue weighted by molar-refractivity contribution is 4.77. The van der Waals surface area contributed by atoms with E-state index in [2.05, 4.69) is 0 Å². The van der Waals surface area contributed by atoms with Crippen molar-refractivity contribution in [3.05, 3.63) is 0 Å². The molecule has 0 aliphatic rings. The summed E-state index contributed by atoms with van der Waals surface area (Å²) in [6.07, 6.45) is 9.96. The molecule has 0 aliphatic heterocycles. The molecule has 1 unspecified atom stereocenters. The van der Waals surface area contributed by atoms with Crippen molar-refractivity contribution in [2.45, 2.75) is 76.2 Å². The second kappa shape index (κ2) is 12.9. The minimum absolute atomic E-state index is 0.163. The smallest absolute Gasteiger partial charge is 0.0877 e. The highest BCUT2D eigenvalue weighted by atomic mass is 16.3. The summed E-state index contributed by atoms with van der Waals surface area (Å²) in [5, 5.41) is 36.9. The van der Waals surface area contributed by atoms with Crippen LogP contribution in [0.3, 0.4) is 0 Å². The minimum atomic E-state index is -0.920. The van der Waals surface area contributed by atoms with Crippen molar-refractivity contribution in [3.63, 3.8) is 0 Å². The zero-order chi connectivity index (χ0) is 14.4. The Balaban J connectivity index is 3.58. The molecule has 0 amide bonds. The van der Waals surface area contributed by atoms with Gasteiger partial charge in [0.2, 0.25) is 0 Å². The van der Waals surface area contributed by atoms with Crippen LogP contribution in [-0.4, -0.2) is 45.8 Å². The van der Waals surface area contributed by atoms with E-state index in [1.807, 2.05) is 0 Å². The second-order valence-electron chi connectivity index (χ2n) is 5.51. The van der Waals surface area contributed by atoms with Gasteiger partial charge in [0.25, 0.3) is 0 Å². The predicted molar refractivity (Wildman–Crippen MR) is 77.0 cm³/mol. The summed E-state index contributed by atoms with van der Waals surface area (Å²) in [5.74, 6) is 0. The lowest BCUT2D eigenvalue weighted by atomic mass is 9.90. The Morgan fingerprint density at radius 3 is 1.26 bits per heavy atom. The molecule has 4 nitrogen and oxygen atoms in total. The Hall–Kier alpha value is -0.160. The van der Waals surface area contributed by atoms with E-state index in [4.69, 9.17) is 10.2 Å². The maximum absolute atomic E-state index is 10.2. The summed E-state index contributed by atoms with van der Waals surface area (Å²) in [4.78, 5) is 0. The molecule has 4 N–H and O–H groups in total. The lowest BCUT2D eigenvalue weighted by molar-refractivity contribution is -0.0315. The maximum Gasteiger partial charge on any atom is 0.0877 e. The molecule has 0 saturated carbocycles. The van der Waals surface area contributed by atoms with E-state index in [9.17, 15) is 10.2 Å². The van der Waals surface area contributed by atoms with Crippen LogP contribution in [0.25, 0.3) is 0 Å². The first kappa shape index (κ1) is 18.8. The molecule has 4 heteroatoms. The molecule has 0 fully saturated rings. The lowest BCUT2D eigenvalue weighted by Gasteiger charge is -2.26. The number of hydrogen-bond acceptors (Lipinski definition) is 4. The van der Waals surface area contributed by atoms with Crippen LogP contribution in [0.4, 0.5) is 0 Å². The van der Waals surface area contributed by atoms with Crippen LogP contribution < -0.4 is 0 Å². The number of aliphatic hydroxyl groups is 4. The molecule has 0 bridgehead atoms. The molecule has 0 rings (SSSR count). The van der Waals surface area contributed by atoms with Gasteiger partial charge in [-0.3, -0.25) is 0 Å². The van der Waals surface area contributed by atoms with Gasteiger partial charge in [0.05, 0.1) is 12.2 Å². The number of unbranched alkanes of at least 4 members (excludes halogenated alkanes) is 7. The van der Waals surface area contributed by atoms with Crippen LogP contribution >= 0.6 is 0 Å². The third-order valence-electron chi connectivity index (χ3n) is 3.64. The van der Waals surface area contributed by atoms with E-state index in [1.165, 1.54) is 0 Å². The Bertz CT molecular complexity index is 187. The molecule has 0 saturated heterocycles. The van der Waals surface area contributed by atoms with Gasteiger partial charge in [-0.05, 0) is 25.7 Å². The van der Waals surface area contributed by atoms with Crippen LogP contribution in [0.1, 0.15) is 70.6 Å². The van der Waals surface area contributed by atoms with E-state index in [0.717, 1.165) is 57.8 Å². The molecule has 0 aliphatic carbocycles. The van der Waals surface area contributed by atoms with Gasteiger partial charge in [-0.1, -0.05) is 44.9 Å². The Labute approximate surface area is 117 Å². The summed E-state index contributed by atoms with van der Waals surface area (Å²) >= 11 is 0. The molecule has 1 atom stereocenters. The number of hydrogen-bond donors (Lipinski definition) is 4. The topological polar surface area (TPSA) is 80.9 Å². The van der Waals surface area contributed by atoms with E-state index in [-0.39, 0.29) is 19.8 Å². The van der Waals surface area contributed by atoms with E-state index in [1.54, 1.807) is 0 Å². The molecule has 19 heavy (non-hydrogen) atoms. The molecule has 0 heterocycles. The maximum atomic E-state index is 10.2. The monoisotopic (exact) mass is 276 g/mol. The van der Waals surface area contributed by atoms with Gasteiger partial charge in [0.1, 0.15) is 0 Å². The van der Waals surface area contributed by atoms with Gasteiger partial charge in [-0.2, -0.15) is 0 Å². The van der Waals surface area contributed by atoms with Crippen molar-refractivity contribution in [2.24, 2.45) is 0 Å². The summed E-state index contributed by atoms with van der Waals surface area (Å²) < 4.78 is 0. The van der Waals surface area contributed by atoms with Crippen molar-refractivity contribution in [2.75, 3.05) is 19.8 Å². The van der Waals surface area contributed by atoms with Gasteiger partial charge in [0.15, 0.2) is 0 Å². The largest absolute Gasteiger partial charge is 0.396 e. The Morgan fingerprint density at radius 1 is 0.526 bits per heavy atom. The summed E-state index contributed by atoms with van der Waals surface area (Å²) in [6.45, 7) is 0.330. The summed E-state index contributed by atoms with van der Waals surface area (Å²) in [5.41, 5.74) is -0.920. The zero-order valence-corrected chi connectivity index (χ0v) is 12.2. The number of aliphatic hydroxyl groups excluding tert-OH is 3. The molecule has 0 spiro atoms. The second-order valence-corrected chi connectivity index (χ2v) is 5.51.